The summed E-state index contributed by atoms with van der Waals surface area (Å²) in [6.07, 6.45) is 2.20. The van der Waals surface area contributed by atoms with E-state index in [0.717, 1.165) is 22.1 Å². The first-order valence-corrected chi connectivity index (χ1v) is 12.2. The molecule has 0 saturated heterocycles. The number of fused-ring (bicyclic) bond motifs is 1. The van der Waals surface area contributed by atoms with Crippen LogP contribution in [-0.2, 0) is 22.6 Å². The van der Waals surface area contributed by atoms with E-state index in [2.05, 4.69) is 37.3 Å². The van der Waals surface area contributed by atoms with Gasteiger partial charge in [0.2, 0.25) is 11.8 Å². The van der Waals surface area contributed by atoms with Crippen molar-refractivity contribution in [1.82, 2.24) is 15.3 Å². The fourth-order valence-electron chi connectivity index (χ4n) is 3.69. The summed E-state index contributed by atoms with van der Waals surface area (Å²) >= 11 is 3.50. The Labute approximate surface area is 217 Å². The Morgan fingerprint density at radius 1 is 1.17 bits per heavy atom. The number of rotatable bonds is 7. The van der Waals surface area contributed by atoms with E-state index in [1.807, 2.05) is 17.0 Å². The topological polar surface area (TPSA) is 93.6 Å². The van der Waals surface area contributed by atoms with Crippen LogP contribution in [0.4, 0.5) is 16.0 Å². The molecule has 188 valence electrons. The van der Waals surface area contributed by atoms with Crippen LogP contribution in [0.25, 0.3) is 0 Å². The van der Waals surface area contributed by atoms with Crippen LogP contribution in [0.1, 0.15) is 42.3 Å². The number of nitrogens with zero attached hydrogens (tertiary/aromatic N) is 3. The molecule has 0 saturated carbocycles. The summed E-state index contributed by atoms with van der Waals surface area (Å²) in [5.41, 5.74) is 2.23. The first kappa shape index (κ1) is 25.6. The average molecular weight is 557 g/mol. The molecule has 1 aliphatic heterocycles. The normalized spacial score (nSPS) is 12.8. The maximum absolute atomic E-state index is 13.3. The highest BCUT2D eigenvalue weighted by atomic mass is 79.9. The number of ether oxygens (including phenoxy) is 2. The monoisotopic (exact) mass is 556 g/mol. The predicted octanol–water partition coefficient (Wildman–Crippen LogP) is 4.72. The third-order valence-corrected chi connectivity index (χ3v) is 5.76. The maximum atomic E-state index is 13.3. The van der Waals surface area contributed by atoms with Crippen molar-refractivity contribution < 1.29 is 23.5 Å². The molecular formula is C26H26BrFN4O4. The van der Waals surface area contributed by atoms with Crippen molar-refractivity contribution >= 4 is 39.4 Å². The minimum atomic E-state index is -0.669. The van der Waals surface area contributed by atoms with Crippen molar-refractivity contribution in [2.45, 2.75) is 39.4 Å². The molecule has 1 aliphatic rings. The van der Waals surface area contributed by atoms with Gasteiger partial charge in [-0.1, -0.05) is 28.1 Å². The minimum absolute atomic E-state index is 0.0524. The molecule has 36 heavy (non-hydrogen) atoms. The standard InChI is InChI=1S/C26H26BrFN4O4/c1-26(2,3)36-22(33)14-29-23(34)20-13-30-25(32-11-10-17-12-18(27)6-9-21(17)32)31-24(20)35-15-16-4-7-19(28)8-5-16/h4-9,12-13H,10-11,14-15H2,1-3H3,(H,29,34). The number of anilines is 2. The lowest BCUT2D eigenvalue weighted by atomic mass is 10.2. The number of benzene rings is 2. The lowest BCUT2D eigenvalue weighted by molar-refractivity contribution is -0.153. The van der Waals surface area contributed by atoms with Crippen molar-refractivity contribution in [1.29, 1.82) is 0 Å². The highest BCUT2D eigenvalue weighted by Gasteiger charge is 2.26. The summed E-state index contributed by atoms with van der Waals surface area (Å²) < 4.78 is 25.4. The van der Waals surface area contributed by atoms with Gasteiger partial charge in [-0.15, -0.1) is 0 Å². The fraction of sp³-hybridized carbons (Fsp3) is 0.308. The van der Waals surface area contributed by atoms with Crippen LogP contribution in [0.5, 0.6) is 5.88 Å². The fourth-order valence-corrected chi connectivity index (χ4v) is 4.10. The Hall–Kier alpha value is -3.53. The second-order valence-corrected chi connectivity index (χ2v) is 10.2. The highest BCUT2D eigenvalue weighted by molar-refractivity contribution is 9.10. The molecule has 0 radical (unpaired) electrons. The van der Waals surface area contributed by atoms with Gasteiger partial charge >= 0.3 is 5.97 Å². The van der Waals surface area contributed by atoms with Gasteiger partial charge in [-0.05, 0) is 68.7 Å². The van der Waals surface area contributed by atoms with Gasteiger partial charge in [-0.2, -0.15) is 4.98 Å². The Bertz CT molecular complexity index is 1280. The zero-order chi connectivity index (χ0) is 25.9. The number of carbonyl (C=O) groups excluding carboxylic acids is 2. The molecule has 0 spiro atoms. The second kappa shape index (κ2) is 10.6. The first-order chi connectivity index (χ1) is 17.1. The second-order valence-electron chi connectivity index (χ2n) is 9.25. The molecular weight excluding hydrogens is 531 g/mol. The SMILES string of the molecule is CC(C)(C)OC(=O)CNC(=O)c1cnc(N2CCc3cc(Br)ccc32)nc1OCc1ccc(F)cc1. The minimum Gasteiger partial charge on any atom is -0.472 e. The van der Waals surface area contributed by atoms with Crippen molar-refractivity contribution in [3.8, 4) is 5.88 Å². The number of hydrogen-bond donors (Lipinski definition) is 1. The molecule has 10 heteroatoms. The Balaban J connectivity index is 1.57. The third-order valence-electron chi connectivity index (χ3n) is 5.27. The lowest BCUT2D eigenvalue weighted by Crippen LogP contribution is -2.35. The van der Waals surface area contributed by atoms with Crippen LogP contribution in [0.15, 0.2) is 53.1 Å². The van der Waals surface area contributed by atoms with Gasteiger partial charge < -0.3 is 19.7 Å². The Kier molecular flexibility index (Phi) is 7.53. The van der Waals surface area contributed by atoms with Crippen LogP contribution in [0.3, 0.4) is 0 Å². The molecule has 1 N–H and O–H groups in total. The van der Waals surface area contributed by atoms with Crippen LogP contribution in [-0.4, -0.2) is 40.5 Å². The zero-order valence-corrected chi connectivity index (χ0v) is 21.8. The van der Waals surface area contributed by atoms with E-state index < -0.39 is 17.5 Å². The number of aromatic nitrogens is 2. The van der Waals surface area contributed by atoms with Gasteiger partial charge in [-0.3, -0.25) is 9.59 Å². The van der Waals surface area contributed by atoms with Gasteiger partial charge in [-0.25, -0.2) is 9.37 Å². The summed E-state index contributed by atoms with van der Waals surface area (Å²) in [4.78, 5) is 35.9. The van der Waals surface area contributed by atoms with E-state index in [1.165, 1.54) is 18.3 Å². The first-order valence-electron chi connectivity index (χ1n) is 11.4. The van der Waals surface area contributed by atoms with E-state index in [9.17, 15) is 14.0 Å². The summed E-state index contributed by atoms with van der Waals surface area (Å²) in [6, 6.07) is 11.8. The third kappa shape index (κ3) is 6.37. The Morgan fingerprint density at radius 2 is 1.92 bits per heavy atom. The molecule has 0 unspecified atom stereocenters. The summed E-state index contributed by atoms with van der Waals surface area (Å²) in [5.74, 6) is -1.07. The number of carbonyl (C=O) groups is 2. The van der Waals surface area contributed by atoms with E-state index >= 15 is 0 Å². The van der Waals surface area contributed by atoms with Gasteiger partial charge in [0, 0.05) is 22.9 Å². The van der Waals surface area contributed by atoms with Gasteiger partial charge in [0.25, 0.3) is 5.91 Å². The summed E-state index contributed by atoms with van der Waals surface area (Å²) in [6.45, 7) is 5.66. The van der Waals surface area contributed by atoms with Crippen LogP contribution in [0.2, 0.25) is 0 Å². The smallest absolute Gasteiger partial charge is 0.325 e. The maximum Gasteiger partial charge on any atom is 0.325 e. The van der Waals surface area contributed by atoms with Crippen molar-refractivity contribution in [2.24, 2.45) is 0 Å². The molecule has 2 heterocycles. The van der Waals surface area contributed by atoms with Gasteiger partial charge in [0.15, 0.2) is 0 Å². The Morgan fingerprint density at radius 3 is 2.64 bits per heavy atom. The summed E-state index contributed by atoms with van der Waals surface area (Å²) in [7, 11) is 0. The number of esters is 1. The van der Waals surface area contributed by atoms with Crippen LogP contribution in [0, 0.1) is 5.82 Å². The zero-order valence-electron chi connectivity index (χ0n) is 20.2. The average Bonchev–Trinajstić information content (AvgIpc) is 3.24. The molecule has 0 fully saturated rings. The molecule has 2 aromatic carbocycles. The van der Waals surface area contributed by atoms with E-state index in [4.69, 9.17) is 9.47 Å². The van der Waals surface area contributed by atoms with Crippen LogP contribution >= 0.6 is 15.9 Å². The summed E-state index contributed by atoms with van der Waals surface area (Å²) in [5, 5.41) is 2.54. The molecule has 4 rings (SSSR count). The number of nitrogens with one attached hydrogen (secondary N) is 1. The quantitative estimate of drug-likeness (QED) is 0.420. The lowest BCUT2D eigenvalue weighted by Gasteiger charge is -2.20. The molecule has 8 nitrogen and oxygen atoms in total. The van der Waals surface area contributed by atoms with Crippen molar-refractivity contribution in [3.63, 3.8) is 0 Å². The number of amides is 1. The van der Waals surface area contributed by atoms with Crippen LogP contribution < -0.4 is 15.0 Å². The highest BCUT2D eigenvalue weighted by Crippen LogP contribution is 2.35. The molecule has 1 aromatic heterocycles. The van der Waals surface area contributed by atoms with Crippen molar-refractivity contribution in [2.75, 3.05) is 18.0 Å². The van der Waals surface area contributed by atoms with Gasteiger partial charge in [0.05, 0.1) is 0 Å². The molecule has 0 atom stereocenters. The largest absolute Gasteiger partial charge is 0.472 e. The molecule has 3 aromatic rings. The number of hydrogen-bond acceptors (Lipinski definition) is 7. The predicted molar refractivity (Wildman–Crippen MR) is 136 cm³/mol. The van der Waals surface area contributed by atoms with Gasteiger partial charge in [0.1, 0.15) is 30.1 Å². The van der Waals surface area contributed by atoms with E-state index in [0.29, 0.717) is 18.1 Å². The molecule has 0 bridgehead atoms. The number of halogens is 2. The van der Waals surface area contributed by atoms with E-state index in [1.54, 1.807) is 32.9 Å². The molecule has 0 aliphatic carbocycles. The van der Waals surface area contributed by atoms with E-state index in [-0.39, 0.29) is 30.4 Å². The molecule has 1 amide bonds. The van der Waals surface area contributed by atoms with Crippen molar-refractivity contribution in [3.05, 3.63) is 75.6 Å².